The van der Waals surface area contributed by atoms with Crippen molar-refractivity contribution in [3.8, 4) is 11.5 Å². The van der Waals surface area contributed by atoms with Gasteiger partial charge in [0, 0.05) is 18.7 Å². The van der Waals surface area contributed by atoms with Crippen LogP contribution < -0.4 is 0 Å². The number of carbonyl (C=O) groups is 3. The normalized spacial score (nSPS) is 15.5. The van der Waals surface area contributed by atoms with E-state index in [0.29, 0.717) is 44.2 Å². The van der Waals surface area contributed by atoms with E-state index in [1.807, 2.05) is 30.3 Å². The Hall–Kier alpha value is -3.16. The van der Waals surface area contributed by atoms with E-state index < -0.39 is 12.1 Å². The van der Waals surface area contributed by atoms with Gasteiger partial charge < -0.3 is 18.8 Å². The summed E-state index contributed by atoms with van der Waals surface area (Å²) in [6, 6.07) is 9.22. The zero-order valence-corrected chi connectivity index (χ0v) is 17.4. The van der Waals surface area contributed by atoms with Gasteiger partial charge in [-0.3, -0.25) is 9.59 Å². The van der Waals surface area contributed by atoms with Crippen molar-refractivity contribution < 1.29 is 28.3 Å². The van der Waals surface area contributed by atoms with Gasteiger partial charge in [0.15, 0.2) is 11.8 Å². The van der Waals surface area contributed by atoms with E-state index in [1.54, 1.807) is 18.7 Å². The summed E-state index contributed by atoms with van der Waals surface area (Å²) in [6.07, 6.45) is 0.107. The number of ether oxygens (including phenoxy) is 2. The molecule has 2 aromatic rings. The predicted molar refractivity (Wildman–Crippen MR) is 107 cm³/mol. The van der Waals surface area contributed by atoms with E-state index in [0.717, 1.165) is 5.56 Å². The van der Waals surface area contributed by atoms with Gasteiger partial charge in [-0.05, 0) is 45.7 Å². The molecule has 160 valence electrons. The van der Waals surface area contributed by atoms with Crippen molar-refractivity contribution in [1.82, 2.24) is 9.88 Å². The first-order valence-electron chi connectivity index (χ1n) is 10.1. The molecule has 3 rings (SSSR count). The maximum Gasteiger partial charge on any atom is 0.361 e. The molecule has 0 N–H and O–H groups in total. The quantitative estimate of drug-likeness (QED) is 0.670. The number of benzene rings is 1. The van der Waals surface area contributed by atoms with Crippen molar-refractivity contribution >= 4 is 17.8 Å². The molecule has 1 atom stereocenters. The molecule has 2 heterocycles. The second-order valence-electron chi connectivity index (χ2n) is 7.19. The van der Waals surface area contributed by atoms with Crippen LogP contribution in [0.15, 0.2) is 34.7 Å². The monoisotopic (exact) mass is 414 g/mol. The molecular formula is C22H26N2O6. The van der Waals surface area contributed by atoms with Gasteiger partial charge in [-0.1, -0.05) is 18.2 Å². The molecule has 1 fully saturated rings. The molecule has 1 aliphatic rings. The van der Waals surface area contributed by atoms with Gasteiger partial charge in [-0.25, -0.2) is 9.78 Å². The number of carbonyl (C=O) groups excluding carboxylic acids is 3. The van der Waals surface area contributed by atoms with Crippen molar-refractivity contribution in [3.05, 3.63) is 41.8 Å². The lowest BCUT2D eigenvalue weighted by atomic mass is 9.97. The van der Waals surface area contributed by atoms with Crippen LogP contribution in [-0.4, -0.2) is 53.5 Å². The van der Waals surface area contributed by atoms with Crippen LogP contribution in [0, 0.1) is 12.8 Å². The summed E-state index contributed by atoms with van der Waals surface area (Å²) in [5.41, 5.74) is 0.794. The third-order valence-electron chi connectivity index (χ3n) is 5.07. The molecule has 1 unspecified atom stereocenters. The summed E-state index contributed by atoms with van der Waals surface area (Å²) in [5, 5.41) is 0. The molecular weight excluding hydrogens is 388 g/mol. The maximum absolute atomic E-state index is 12.7. The minimum atomic E-state index is -0.965. The lowest BCUT2D eigenvalue weighted by molar-refractivity contribution is -0.152. The van der Waals surface area contributed by atoms with Crippen molar-refractivity contribution in [2.75, 3.05) is 19.7 Å². The Morgan fingerprint density at radius 1 is 1.20 bits per heavy atom. The molecule has 0 bridgehead atoms. The Morgan fingerprint density at radius 2 is 1.87 bits per heavy atom. The van der Waals surface area contributed by atoms with E-state index in [9.17, 15) is 14.4 Å². The number of aryl methyl sites for hydroxylation is 1. The van der Waals surface area contributed by atoms with Crippen molar-refractivity contribution in [1.29, 1.82) is 0 Å². The zero-order chi connectivity index (χ0) is 21.7. The maximum atomic E-state index is 12.7. The largest absolute Gasteiger partial charge is 0.466 e. The lowest BCUT2D eigenvalue weighted by Crippen LogP contribution is -2.45. The minimum absolute atomic E-state index is 0.0505. The fourth-order valence-electron chi connectivity index (χ4n) is 3.41. The number of rotatable bonds is 6. The Morgan fingerprint density at radius 3 is 2.50 bits per heavy atom. The van der Waals surface area contributed by atoms with Gasteiger partial charge in [0.1, 0.15) is 5.76 Å². The van der Waals surface area contributed by atoms with Gasteiger partial charge in [-0.15, -0.1) is 0 Å². The van der Waals surface area contributed by atoms with Gasteiger partial charge in [0.2, 0.25) is 5.89 Å². The Bertz CT molecular complexity index is 900. The SMILES string of the molecule is CCOC(=O)C1CCN(C(=O)C(C)OC(=O)c2nc(-c3ccccc3)oc2C)CC1. The Labute approximate surface area is 175 Å². The molecule has 0 aliphatic carbocycles. The van der Waals surface area contributed by atoms with E-state index in [2.05, 4.69) is 4.98 Å². The van der Waals surface area contributed by atoms with Crippen LogP contribution in [0.3, 0.4) is 0 Å². The lowest BCUT2D eigenvalue weighted by Gasteiger charge is -2.32. The number of piperidine rings is 1. The first kappa shape index (κ1) is 21.5. The molecule has 8 nitrogen and oxygen atoms in total. The molecule has 1 amide bonds. The summed E-state index contributed by atoms with van der Waals surface area (Å²) in [6.45, 7) is 6.12. The number of amides is 1. The highest BCUT2D eigenvalue weighted by Gasteiger charge is 2.32. The third kappa shape index (κ3) is 4.87. The van der Waals surface area contributed by atoms with Crippen LogP contribution in [0.1, 0.15) is 42.9 Å². The number of esters is 2. The second-order valence-corrected chi connectivity index (χ2v) is 7.19. The van der Waals surface area contributed by atoms with Crippen molar-refractivity contribution in [2.45, 2.75) is 39.7 Å². The van der Waals surface area contributed by atoms with E-state index in [1.165, 1.54) is 6.92 Å². The van der Waals surface area contributed by atoms with Gasteiger partial charge >= 0.3 is 11.9 Å². The summed E-state index contributed by atoms with van der Waals surface area (Å²) < 4.78 is 16.0. The molecule has 0 radical (unpaired) electrons. The fourth-order valence-corrected chi connectivity index (χ4v) is 3.41. The molecule has 0 spiro atoms. The minimum Gasteiger partial charge on any atom is -0.466 e. The Balaban J connectivity index is 1.58. The fraction of sp³-hybridized carbons (Fsp3) is 0.455. The topological polar surface area (TPSA) is 98.9 Å². The van der Waals surface area contributed by atoms with Crippen LogP contribution in [0.4, 0.5) is 0 Å². The summed E-state index contributed by atoms with van der Waals surface area (Å²) >= 11 is 0. The van der Waals surface area contributed by atoms with Gasteiger partial charge in [0.25, 0.3) is 5.91 Å². The third-order valence-corrected chi connectivity index (χ3v) is 5.07. The summed E-state index contributed by atoms with van der Waals surface area (Å²) in [4.78, 5) is 42.9. The molecule has 30 heavy (non-hydrogen) atoms. The second kappa shape index (κ2) is 9.56. The van der Waals surface area contributed by atoms with Gasteiger partial charge in [0.05, 0.1) is 12.5 Å². The van der Waals surface area contributed by atoms with Crippen LogP contribution in [0.25, 0.3) is 11.5 Å². The van der Waals surface area contributed by atoms with Crippen LogP contribution >= 0.6 is 0 Å². The Kier molecular flexibility index (Phi) is 6.87. The van der Waals surface area contributed by atoms with Crippen LogP contribution in [-0.2, 0) is 19.1 Å². The van der Waals surface area contributed by atoms with E-state index >= 15 is 0 Å². The molecule has 1 aromatic carbocycles. The number of oxazole rings is 1. The first-order chi connectivity index (χ1) is 14.4. The zero-order valence-electron chi connectivity index (χ0n) is 17.4. The number of hydrogen-bond acceptors (Lipinski definition) is 7. The predicted octanol–water partition coefficient (Wildman–Crippen LogP) is 3.00. The summed E-state index contributed by atoms with van der Waals surface area (Å²) in [7, 11) is 0. The number of likely N-dealkylation sites (tertiary alicyclic amines) is 1. The molecule has 1 aliphatic heterocycles. The number of aromatic nitrogens is 1. The average Bonchev–Trinajstić information content (AvgIpc) is 3.16. The molecule has 1 aromatic heterocycles. The van der Waals surface area contributed by atoms with E-state index in [-0.39, 0.29) is 23.5 Å². The number of nitrogens with zero attached hydrogens (tertiary/aromatic N) is 2. The standard InChI is InChI=1S/C22H26N2O6/c1-4-28-21(26)17-10-12-24(13-11-17)20(25)15(3)30-22(27)18-14(2)29-19(23-18)16-8-6-5-7-9-16/h5-9,15,17H,4,10-13H2,1-3H3. The molecule has 1 saturated heterocycles. The summed E-state index contributed by atoms with van der Waals surface area (Å²) in [5.74, 6) is -0.773. The van der Waals surface area contributed by atoms with Crippen molar-refractivity contribution in [2.24, 2.45) is 5.92 Å². The smallest absolute Gasteiger partial charge is 0.361 e. The van der Waals surface area contributed by atoms with Gasteiger partial charge in [-0.2, -0.15) is 0 Å². The highest BCUT2D eigenvalue weighted by Crippen LogP contribution is 2.23. The van der Waals surface area contributed by atoms with E-state index in [4.69, 9.17) is 13.9 Å². The first-order valence-corrected chi connectivity index (χ1v) is 10.1. The van der Waals surface area contributed by atoms with Crippen molar-refractivity contribution in [3.63, 3.8) is 0 Å². The van der Waals surface area contributed by atoms with Crippen LogP contribution in [0.5, 0.6) is 0 Å². The highest BCUT2D eigenvalue weighted by molar-refractivity contribution is 5.92. The molecule has 8 heteroatoms. The van der Waals surface area contributed by atoms with Crippen LogP contribution in [0.2, 0.25) is 0 Å². The molecule has 0 saturated carbocycles. The highest BCUT2D eigenvalue weighted by atomic mass is 16.5. The number of hydrogen-bond donors (Lipinski definition) is 0. The average molecular weight is 414 g/mol.